The summed E-state index contributed by atoms with van der Waals surface area (Å²) in [6, 6.07) is 18.1. The van der Waals surface area contributed by atoms with Crippen molar-refractivity contribution in [2.24, 2.45) is 40.1 Å². The van der Waals surface area contributed by atoms with Crippen LogP contribution >= 0.6 is 0 Å². The molecule has 7 N–H and O–H groups in total. The summed E-state index contributed by atoms with van der Waals surface area (Å²) in [7, 11) is 0. The molecule has 0 amide bonds. The van der Waals surface area contributed by atoms with E-state index in [0.717, 1.165) is 18.9 Å². The van der Waals surface area contributed by atoms with Crippen LogP contribution in [0.5, 0.6) is 0 Å². The third-order valence-electron chi connectivity index (χ3n) is 17.6. The third kappa shape index (κ3) is 12.6. The molecule has 29 heteroatoms. The highest BCUT2D eigenvalue weighted by Crippen LogP contribution is 2.51. The van der Waals surface area contributed by atoms with Crippen LogP contribution < -0.4 is 26.2 Å². The Balaban J connectivity index is 0.000000195. The van der Waals surface area contributed by atoms with Gasteiger partial charge in [0, 0.05) is 96.8 Å². The maximum atomic E-state index is 14.5. The smallest absolute Gasteiger partial charge is 0.356 e. The van der Waals surface area contributed by atoms with Gasteiger partial charge in [0.2, 0.25) is 0 Å². The van der Waals surface area contributed by atoms with Crippen LogP contribution in [0, 0.1) is 51.5 Å². The lowest BCUT2D eigenvalue weighted by atomic mass is 9.78. The van der Waals surface area contributed by atoms with Gasteiger partial charge >= 0.3 is 18.5 Å². The SMILES string of the molecule is CC(C)CC1CN(c2ccc(C(F)(F)F)c(-c3[nH]nc4ncccc34)n2)CCC1CC#N.CCC(N)C1(C(F)(F)F)CCN(c2ccc(F)c(-c3[nH]nc4ncccc34)n2)C1.CCC(N)C1(C(F)(F)F)CCN(c2ccc(F)c(-c3[nH]nc4ncccc34)n2)C1.[HH].[HH].[HH]. The number of hydrogen-bond acceptors (Lipinski definition) is 15. The van der Waals surface area contributed by atoms with E-state index in [2.05, 4.69) is 80.4 Å². The van der Waals surface area contributed by atoms with Crippen molar-refractivity contribution in [3.8, 4) is 40.2 Å². The van der Waals surface area contributed by atoms with Crippen molar-refractivity contribution in [2.45, 2.75) is 103 Å². The number of halogens is 11. The van der Waals surface area contributed by atoms with Crippen molar-refractivity contribution >= 4 is 50.6 Å². The van der Waals surface area contributed by atoms with Gasteiger partial charge in [-0.05, 0) is 129 Å². The van der Waals surface area contributed by atoms with Gasteiger partial charge in [0.1, 0.15) is 45.4 Å². The van der Waals surface area contributed by atoms with Crippen LogP contribution in [0.2, 0.25) is 0 Å². The van der Waals surface area contributed by atoms with E-state index in [1.165, 1.54) is 40.1 Å². The normalized spacial score (nSPS) is 20.5. The summed E-state index contributed by atoms with van der Waals surface area (Å²) < 4.78 is 154. The molecular formula is C61H71F11N18. The number of aromatic amines is 3. The zero-order valence-corrected chi connectivity index (χ0v) is 49.4. The molecule has 0 bridgehead atoms. The van der Waals surface area contributed by atoms with Crippen molar-refractivity contribution in [2.75, 3.05) is 54.0 Å². The number of anilines is 3. The highest BCUT2D eigenvalue weighted by atomic mass is 19.4. The van der Waals surface area contributed by atoms with E-state index in [9.17, 15) is 53.6 Å². The molecule has 3 fully saturated rings. The Kier molecular flexibility index (Phi) is 18.4. The Labute approximate surface area is 513 Å². The second-order valence-corrected chi connectivity index (χ2v) is 23.4. The molecule has 3 aliphatic heterocycles. The molecule has 18 nitrogen and oxygen atoms in total. The molecule has 0 saturated carbocycles. The zero-order chi connectivity index (χ0) is 64.5. The van der Waals surface area contributed by atoms with Crippen LogP contribution in [-0.2, 0) is 6.18 Å². The van der Waals surface area contributed by atoms with E-state index in [-0.39, 0.29) is 90.6 Å². The van der Waals surface area contributed by atoms with E-state index in [0.29, 0.717) is 87.6 Å². The molecule has 12 heterocycles. The molecule has 3 aliphatic rings. The van der Waals surface area contributed by atoms with Crippen LogP contribution in [-0.4, -0.2) is 124 Å². The minimum absolute atomic E-state index is 0. The average molecular weight is 1270 g/mol. The standard InChI is InChI=1S/C23H25F3N6.2C19H20F4N6.3H2/c1-14(2)12-16-13-32(11-8-15(16)7-9-27)19-6-5-18(23(24,25)26)21(29-19)20-17-4-3-10-28-22(17)31-30-20;2*1-2-13(24)18(19(21,22)23)7-9-29(10-18)14-6-5-12(20)16(26-14)15-11-4-3-8-25-17(11)28-27-15;;;/h3-6,10,14-16H,7-8,11-13H2,1-2H3,(H,28,30,31);2*3-6,8,13H,2,7,9-10,24H2,1H3,(H,25,27,28);3*1H. The van der Waals surface area contributed by atoms with E-state index in [4.69, 9.17) is 11.5 Å². The lowest BCUT2D eigenvalue weighted by Crippen LogP contribution is -2.53. The van der Waals surface area contributed by atoms with Gasteiger partial charge in [0.15, 0.2) is 28.6 Å². The first kappa shape index (κ1) is 64.3. The highest BCUT2D eigenvalue weighted by Gasteiger charge is 2.62. The second-order valence-electron chi connectivity index (χ2n) is 23.4. The summed E-state index contributed by atoms with van der Waals surface area (Å²) in [4.78, 5) is 30.5. The Morgan fingerprint density at radius 3 is 1.40 bits per heavy atom. The van der Waals surface area contributed by atoms with Gasteiger partial charge in [-0.25, -0.2) is 38.7 Å². The van der Waals surface area contributed by atoms with E-state index >= 15 is 0 Å². The Morgan fingerprint density at radius 2 is 1.00 bits per heavy atom. The number of H-pyrrole nitrogens is 3. The fraction of sp³-hybridized carbons (Fsp3) is 0.443. The number of alkyl halides is 9. The monoisotopic (exact) mass is 1260 g/mol. The molecule has 0 aromatic carbocycles. The molecule has 6 atom stereocenters. The number of fused-ring (bicyclic) bond motifs is 3. The Bertz CT molecular complexity index is 3860. The first-order chi connectivity index (χ1) is 42.8. The highest BCUT2D eigenvalue weighted by molar-refractivity contribution is 5.92. The minimum atomic E-state index is -4.56. The number of nitrogens with two attached hydrogens (primary N) is 2. The fourth-order valence-electron chi connectivity index (χ4n) is 12.6. The predicted molar refractivity (Wildman–Crippen MR) is 323 cm³/mol. The van der Waals surface area contributed by atoms with Crippen molar-refractivity contribution in [1.29, 1.82) is 5.26 Å². The number of piperidine rings is 1. The minimum Gasteiger partial charge on any atom is -0.356 e. The topological polar surface area (TPSA) is 249 Å². The molecule has 12 rings (SSSR count). The first-order valence-corrected chi connectivity index (χ1v) is 29.4. The van der Waals surface area contributed by atoms with Crippen LogP contribution in [0.4, 0.5) is 65.7 Å². The summed E-state index contributed by atoms with van der Waals surface area (Å²) in [5, 5.41) is 31.1. The average Bonchev–Trinajstić information content (AvgIpc) is 1.68. The summed E-state index contributed by atoms with van der Waals surface area (Å²) in [5.74, 6) is 0.905. The lowest BCUT2D eigenvalue weighted by molar-refractivity contribution is -0.224. The van der Waals surface area contributed by atoms with E-state index in [1.54, 1.807) is 68.8 Å². The second kappa shape index (κ2) is 25.7. The summed E-state index contributed by atoms with van der Waals surface area (Å²) in [6.07, 6.45) is -6.31. The maximum Gasteiger partial charge on any atom is 0.418 e. The maximum absolute atomic E-state index is 14.5. The predicted octanol–water partition coefficient (Wildman–Crippen LogP) is 13.5. The van der Waals surface area contributed by atoms with Gasteiger partial charge in [-0.3, -0.25) is 15.3 Å². The van der Waals surface area contributed by atoms with Crippen molar-refractivity contribution in [1.82, 2.24) is 60.5 Å². The molecular weight excluding hydrogens is 1190 g/mol. The quantitative estimate of drug-likeness (QED) is 0.0674. The number of nitrogens with one attached hydrogen (secondary N) is 3. The van der Waals surface area contributed by atoms with Crippen LogP contribution in [0.3, 0.4) is 0 Å². The number of rotatable bonds is 13. The van der Waals surface area contributed by atoms with Crippen molar-refractivity contribution < 1.29 is 52.6 Å². The molecule has 0 aliphatic carbocycles. The molecule has 0 spiro atoms. The van der Waals surface area contributed by atoms with Gasteiger partial charge in [-0.1, -0.05) is 27.7 Å². The molecule has 482 valence electrons. The Morgan fingerprint density at radius 1 is 0.589 bits per heavy atom. The number of aromatic nitrogens is 12. The van der Waals surface area contributed by atoms with E-state index in [1.807, 2.05) is 4.90 Å². The summed E-state index contributed by atoms with van der Waals surface area (Å²) in [5.41, 5.74) is 8.76. The zero-order valence-electron chi connectivity index (χ0n) is 49.4. The third-order valence-corrected chi connectivity index (χ3v) is 17.6. The fourth-order valence-corrected chi connectivity index (χ4v) is 12.6. The Hall–Kier alpha value is -8.65. The van der Waals surface area contributed by atoms with Crippen molar-refractivity contribution in [3.05, 3.63) is 109 Å². The van der Waals surface area contributed by atoms with Crippen LogP contribution in [0.1, 0.15) is 82.5 Å². The van der Waals surface area contributed by atoms with Gasteiger partial charge in [-0.2, -0.15) is 60.1 Å². The molecule has 90 heavy (non-hydrogen) atoms. The number of nitriles is 1. The molecule has 9 aromatic heterocycles. The number of pyridine rings is 6. The summed E-state index contributed by atoms with van der Waals surface area (Å²) >= 11 is 0. The lowest BCUT2D eigenvalue weighted by Gasteiger charge is -2.39. The molecule has 0 radical (unpaired) electrons. The van der Waals surface area contributed by atoms with Crippen molar-refractivity contribution in [3.63, 3.8) is 0 Å². The molecule has 9 aromatic rings. The van der Waals surface area contributed by atoms with Gasteiger partial charge in [0.05, 0.1) is 28.7 Å². The molecule has 6 unspecified atom stereocenters. The van der Waals surface area contributed by atoms with Gasteiger partial charge < -0.3 is 26.2 Å². The number of nitrogens with zero attached hydrogens (tertiary/aromatic N) is 13. The first-order valence-electron chi connectivity index (χ1n) is 29.4. The molecule has 3 saturated heterocycles. The van der Waals surface area contributed by atoms with E-state index < -0.39 is 58.6 Å². The van der Waals surface area contributed by atoms with Gasteiger partial charge in [0.25, 0.3) is 0 Å². The van der Waals surface area contributed by atoms with Crippen LogP contribution in [0.15, 0.2) is 91.4 Å². The van der Waals surface area contributed by atoms with Gasteiger partial charge in [-0.15, -0.1) is 0 Å². The largest absolute Gasteiger partial charge is 0.418 e. The van der Waals surface area contributed by atoms with Crippen LogP contribution in [0.25, 0.3) is 67.3 Å². The number of hydrogen-bond donors (Lipinski definition) is 5. The summed E-state index contributed by atoms with van der Waals surface area (Å²) in [6.45, 7) is 8.57.